The van der Waals surface area contributed by atoms with E-state index in [1.165, 1.54) is 6.07 Å². The van der Waals surface area contributed by atoms with E-state index >= 15 is 0 Å². The van der Waals surface area contributed by atoms with Gasteiger partial charge in [0.25, 0.3) is 5.56 Å². The molecule has 146 valence electrons. The zero-order valence-electron chi connectivity index (χ0n) is 15.7. The third-order valence-corrected chi connectivity index (χ3v) is 5.08. The topological polar surface area (TPSA) is 84.3 Å². The van der Waals surface area contributed by atoms with Crippen molar-refractivity contribution in [2.45, 2.75) is 18.8 Å². The number of carbonyl (C=O) groups excluding carboxylic acids is 2. The van der Waals surface area contributed by atoms with Gasteiger partial charge in [0.1, 0.15) is 0 Å². The van der Waals surface area contributed by atoms with Gasteiger partial charge in [0.2, 0.25) is 12.3 Å². The van der Waals surface area contributed by atoms with E-state index in [9.17, 15) is 14.4 Å². The van der Waals surface area contributed by atoms with Gasteiger partial charge in [0, 0.05) is 36.4 Å². The van der Waals surface area contributed by atoms with Gasteiger partial charge in [-0.25, -0.2) is 0 Å². The van der Waals surface area contributed by atoms with Crippen molar-refractivity contribution in [3.63, 3.8) is 0 Å². The number of nitrogens with zero attached hydrogens (tertiary/aromatic N) is 3. The van der Waals surface area contributed by atoms with Crippen molar-refractivity contribution in [1.82, 2.24) is 9.55 Å². The van der Waals surface area contributed by atoms with Crippen LogP contribution in [0.25, 0.3) is 5.69 Å². The molecule has 0 bridgehead atoms. The summed E-state index contributed by atoms with van der Waals surface area (Å²) in [4.78, 5) is 42.2. The molecule has 7 heteroatoms. The number of aromatic nitrogens is 2. The van der Waals surface area contributed by atoms with Crippen LogP contribution in [0.5, 0.6) is 0 Å². The quantitative estimate of drug-likeness (QED) is 0.681. The number of pyridine rings is 2. The van der Waals surface area contributed by atoms with Gasteiger partial charge in [-0.05, 0) is 55.3 Å². The standard InChI is InChI=1S/C22H20N4O3/c27-15-24-19-6-3-12-23-21(19)18-5-4-14-26(22(18)29)17-10-8-16(9-11-17)25-13-2-1-7-20(25)28/h1-3,6-13,15,18H,4-5,14H2,(H,24,27). The molecule has 1 aromatic carbocycles. The maximum atomic E-state index is 13.2. The highest BCUT2D eigenvalue weighted by Crippen LogP contribution is 2.33. The minimum absolute atomic E-state index is 0.0477. The highest BCUT2D eigenvalue weighted by Gasteiger charge is 2.33. The lowest BCUT2D eigenvalue weighted by Crippen LogP contribution is -2.40. The second-order valence-electron chi connectivity index (χ2n) is 6.81. The van der Waals surface area contributed by atoms with Crippen LogP contribution >= 0.6 is 0 Å². The molecular weight excluding hydrogens is 368 g/mol. The zero-order chi connectivity index (χ0) is 20.2. The van der Waals surface area contributed by atoms with Crippen LogP contribution < -0.4 is 15.8 Å². The molecule has 3 heterocycles. The summed E-state index contributed by atoms with van der Waals surface area (Å²) in [7, 11) is 0. The maximum absolute atomic E-state index is 13.2. The summed E-state index contributed by atoms with van der Waals surface area (Å²) in [6.45, 7) is 0.614. The smallest absolute Gasteiger partial charge is 0.255 e. The fraction of sp³-hybridized carbons (Fsp3) is 0.182. The summed E-state index contributed by atoms with van der Waals surface area (Å²) >= 11 is 0. The zero-order valence-corrected chi connectivity index (χ0v) is 15.7. The number of hydrogen-bond acceptors (Lipinski definition) is 4. The van der Waals surface area contributed by atoms with Gasteiger partial charge in [-0.15, -0.1) is 0 Å². The van der Waals surface area contributed by atoms with Gasteiger partial charge in [0.05, 0.1) is 17.3 Å². The summed E-state index contributed by atoms with van der Waals surface area (Å²) < 4.78 is 1.55. The van der Waals surface area contributed by atoms with E-state index in [-0.39, 0.29) is 11.5 Å². The Balaban J connectivity index is 1.61. The van der Waals surface area contributed by atoms with E-state index in [0.29, 0.717) is 30.8 Å². The predicted molar refractivity (Wildman–Crippen MR) is 110 cm³/mol. The Morgan fingerprint density at radius 3 is 2.55 bits per heavy atom. The van der Waals surface area contributed by atoms with Crippen LogP contribution in [-0.4, -0.2) is 28.4 Å². The number of benzene rings is 1. The molecular formula is C22H20N4O3. The normalized spacial score (nSPS) is 16.5. The summed E-state index contributed by atoms with van der Waals surface area (Å²) in [5, 5.41) is 2.63. The molecule has 1 atom stereocenters. The predicted octanol–water partition coefficient (Wildman–Crippen LogP) is 2.71. The Bertz CT molecular complexity index is 1090. The van der Waals surface area contributed by atoms with Crippen molar-refractivity contribution in [3.8, 4) is 5.69 Å². The number of nitrogens with one attached hydrogen (secondary N) is 1. The third-order valence-electron chi connectivity index (χ3n) is 5.08. The fourth-order valence-electron chi connectivity index (χ4n) is 3.70. The van der Waals surface area contributed by atoms with Crippen LogP contribution in [-0.2, 0) is 9.59 Å². The average molecular weight is 388 g/mol. The molecule has 2 aromatic heterocycles. The average Bonchev–Trinajstić information content (AvgIpc) is 2.75. The lowest BCUT2D eigenvalue weighted by Gasteiger charge is -2.32. The number of hydrogen-bond donors (Lipinski definition) is 1. The lowest BCUT2D eigenvalue weighted by atomic mass is 9.92. The highest BCUT2D eigenvalue weighted by molar-refractivity contribution is 5.99. The molecule has 1 saturated heterocycles. The Morgan fingerprint density at radius 2 is 1.79 bits per heavy atom. The minimum atomic E-state index is -0.413. The molecule has 0 saturated carbocycles. The third kappa shape index (κ3) is 3.67. The monoisotopic (exact) mass is 388 g/mol. The van der Waals surface area contributed by atoms with Crippen LogP contribution in [0, 0.1) is 0 Å². The maximum Gasteiger partial charge on any atom is 0.255 e. The van der Waals surface area contributed by atoms with Crippen LogP contribution in [0.15, 0.2) is 71.8 Å². The van der Waals surface area contributed by atoms with Gasteiger partial charge in [-0.3, -0.25) is 23.9 Å². The minimum Gasteiger partial charge on any atom is -0.327 e. The molecule has 1 aliphatic rings. The Hall–Kier alpha value is -3.74. The molecule has 2 amide bonds. The number of rotatable bonds is 5. The lowest BCUT2D eigenvalue weighted by molar-refractivity contribution is -0.121. The summed E-state index contributed by atoms with van der Waals surface area (Å²) in [6, 6.07) is 15.8. The molecule has 0 aliphatic carbocycles. The van der Waals surface area contributed by atoms with Crippen molar-refractivity contribution in [3.05, 3.63) is 83.0 Å². The molecule has 1 aliphatic heterocycles. The van der Waals surface area contributed by atoms with E-state index < -0.39 is 5.92 Å². The molecule has 3 aromatic rings. The molecule has 0 radical (unpaired) electrons. The number of amides is 2. The van der Waals surface area contributed by atoms with Crippen molar-refractivity contribution in [1.29, 1.82) is 0 Å². The molecule has 0 spiro atoms. The van der Waals surface area contributed by atoms with E-state index in [2.05, 4.69) is 10.3 Å². The van der Waals surface area contributed by atoms with Crippen molar-refractivity contribution in [2.75, 3.05) is 16.8 Å². The van der Waals surface area contributed by atoms with Crippen molar-refractivity contribution >= 4 is 23.7 Å². The van der Waals surface area contributed by atoms with Gasteiger partial charge in [-0.1, -0.05) is 6.07 Å². The molecule has 1 N–H and O–H groups in total. The highest BCUT2D eigenvalue weighted by atomic mass is 16.2. The first kappa shape index (κ1) is 18.6. The SMILES string of the molecule is O=CNc1cccnc1C1CCCN(c2ccc(-n3ccccc3=O)cc2)C1=O. The van der Waals surface area contributed by atoms with Gasteiger partial charge in [0.15, 0.2) is 0 Å². The number of anilines is 2. The van der Waals surface area contributed by atoms with E-state index in [0.717, 1.165) is 17.8 Å². The summed E-state index contributed by atoms with van der Waals surface area (Å²) in [5.41, 5.74) is 2.54. The van der Waals surface area contributed by atoms with Crippen LogP contribution in [0.2, 0.25) is 0 Å². The van der Waals surface area contributed by atoms with E-state index in [1.807, 2.05) is 24.3 Å². The fourth-order valence-corrected chi connectivity index (χ4v) is 3.70. The summed E-state index contributed by atoms with van der Waals surface area (Å²) in [6.07, 6.45) is 5.44. The van der Waals surface area contributed by atoms with Crippen LogP contribution in [0.1, 0.15) is 24.5 Å². The van der Waals surface area contributed by atoms with Gasteiger partial charge < -0.3 is 10.2 Å². The van der Waals surface area contributed by atoms with Gasteiger partial charge in [-0.2, -0.15) is 0 Å². The molecule has 29 heavy (non-hydrogen) atoms. The molecule has 7 nitrogen and oxygen atoms in total. The largest absolute Gasteiger partial charge is 0.327 e. The van der Waals surface area contributed by atoms with E-state index in [1.54, 1.807) is 46.1 Å². The van der Waals surface area contributed by atoms with Crippen LogP contribution in [0.3, 0.4) is 0 Å². The first-order valence-electron chi connectivity index (χ1n) is 9.43. The first-order chi connectivity index (χ1) is 14.2. The second-order valence-corrected chi connectivity index (χ2v) is 6.81. The number of piperidine rings is 1. The molecule has 4 rings (SSSR count). The Labute approximate surface area is 167 Å². The van der Waals surface area contributed by atoms with Crippen molar-refractivity contribution in [2.24, 2.45) is 0 Å². The van der Waals surface area contributed by atoms with Gasteiger partial charge >= 0.3 is 0 Å². The summed E-state index contributed by atoms with van der Waals surface area (Å²) in [5.74, 6) is -0.461. The number of carbonyl (C=O) groups is 2. The Morgan fingerprint density at radius 1 is 1.00 bits per heavy atom. The van der Waals surface area contributed by atoms with Crippen LogP contribution in [0.4, 0.5) is 11.4 Å². The van der Waals surface area contributed by atoms with Crippen molar-refractivity contribution < 1.29 is 9.59 Å². The van der Waals surface area contributed by atoms with E-state index in [4.69, 9.17) is 0 Å². The second kappa shape index (κ2) is 8.10. The molecule has 1 fully saturated rings. The Kier molecular flexibility index (Phi) is 5.20. The first-order valence-corrected chi connectivity index (χ1v) is 9.43. The molecule has 1 unspecified atom stereocenters.